The molecule has 0 aliphatic carbocycles. The van der Waals surface area contributed by atoms with Crippen LogP contribution in [0.5, 0.6) is 0 Å². The second-order valence-corrected chi connectivity index (χ2v) is 7.10. The van der Waals surface area contributed by atoms with Crippen molar-refractivity contribution in [2.75, 3.05) is 0 Å². The fraction of sp³-hybridized carbons (Fsp3) is 0. The monoisotopic (exact) mass is 346 g/mol. The Balaban J connectivity index is 1.68. The van der Waals surface area contributed by atoms with Crippen LogP contribution >= 0.6 is 0 Å². The van der Waals surface area contributed by atoms with E-state index in [-0.39, 0.29) is 0 Å². The van der Waals surface area contributed by atoms with Gasteiger partial charge in [0, 0.05) is 21.5 Å². The Morgan fingerprint density at radius 2 is 1.22 bits per heavy atom. The number of rotatable bonds is 1. The predicted molar refractivity (Wildman–Crippen MR) is 115 cm³/mol. The Morgan fingerprint density at radius 3 is 2.04 bits per heavy atom. The normalized spacial score (nSPS) is 11.9. The van der Waals surface area contributed by atoms with Crippen LogP contribution in [0, 0.1) is 0 Å². The summed E-state index contributed by atoms with van der Waals surface area (Å²) in [5.41, 5.74) is 7.08. The first-order valence-electron chi connectivity index (χ1n) is 9.11. The van der Waals surface area contributed by atoms with Gasteiger partial charge in [0.15, 0.2) is 11.2 Å². The van der Waals surface area contributed by atoms with E-state index in [2.05, 4.69) is 68.5 Å². The molecule has 2 heterocycles. The molecule has 27 heavy (non-hydrogen) atoms. The fourth-order valence-corrected chi connectivity index (χ4v) is 4.02. The summed E-state index contributed by atoms with van der Waals surface area (Å²) in [6, 6.07) is 27.4. The van der Waals surface area contributed by atoms with Gasteiger partial charge in [-0.3, -0.25) is 0 Å². The summed E-state index contributed by atoms with van der Waals surface area (Å²) in [5.74, 6) is 0. The van der Waals surface area contributed by atoms with E-state index in [0.29, 0.717) is 0 Å². The summed E-state index contributed by atoms with van der Waals surface area (Å²) in [6.07, 6.45) is 0. The summed E-state index contributed by atoms with van der Waals surface area (Å²) in [6.45, 7) is 0. The number of para-hydroxylation sites is 1. The lowest BCUT2D eigenvalue weighted by Gasteiger charge is -2.03. The minimum absolute atomic E-state index is 0.820. The van der Waals surface area contributed by atoms with Crippen LogP contribution in [-0.4, -0.2) is 7.85 Å². The zero-order valence-electron chi connectivity index (χ0n) is 14.8. The van der Waals surface area contributed by atoms with Gasteiger partial charge < -0.3 is 8.83 Å². The number of hydrogen-bond donors (Lipinski definition) is 0. The van der Waals surface area contributed by atoms with Crippen molar-refractivity contribution in [1.82, 2.24) is 0 Å². The minimum atomic E-state index is 0.820. The molecule has 0 fully saturated rings. The molecule has 0 radical (unpaired) electrons. The summed E-state index contributed by atoms with van der Waals surface area (Å²) in [7, 11) is 2.12. The van der Waals surface area contributed by atoms with E-state index in [9.17, 15) is 0 Å². The second kappa shape index (κ2) is 5.27. The van der Waals surface area contributed by atoms with Crippen molar-refractivity contribution in [3.8, 4) is 11.1 Å². The third kappa shape index (κ3) is 2.09. The van der Waals surface area contributed by atoms with E-state index in [0.717, 1.165) is 43.9 Å². The van der Waals surface area contributed by atoms with Gasteiger partial charge in [0.25, 0.3) is 0 Å². The fourth-order valence-electron chi connectivity index (χ4n) is 4.02. The molecule has 0 atom stereocenters. The average molecular weight is 346 g/mol. The van der Waals surface area contributed by atoms with Crippen molar-refractivity contribution in [2.24, 2.45) is 0 Å². The van der Waals surface area contributed by atoms with Crippen LogP contribution in [0.15, 0.2) is 87.7 Å². The first kappa shape index (κ1) is 14.7. The van der Waals surface area contributed by atoms with Crippen molar-refractivity contribution in [3.63, 3.8) is 0 Å². The molecule has 0 bridgehead atoms. The van der Waals surface area contributed by atoms with Gasteiger partial charge in [0.05, 0.1) is 0 Å². The molecule has 0 N–H and O–H groups in total. The van der Waals surface area contributed by atoms with E-state index < -0.39 is 0 Å². The van der Waals surface area contributed by atoms with Crippen molar-refractivity contribution in [3.05, 3.63) is 78.9 Å². The molecule has 4 aromatic carbocycles. The second-order valence-electron chi connectivity index (χ2n) is 7.10. The minimum Gasteiger partial charge on any atom is -0.452 e. The molecule has 6 aromatic rings. The van der Waals surface area contributed by atoms with Gasteiger partial charge in [-0.1, -0.05) is 54.0 Å². The maximum absolute atomic E-state index is 6.22. The highest BCUT2D eigenvalue weighted by Crippen LogP contribution is 2.39. The van der Waals surface area contributed by atoms with Crippen molar-refractivity contribution in [2.45, 2.75) is 0 Å². The summed E-state index contributed by atoms with van der Waals surface area (Å²) < 4.78 is 12.3. The lowest BCUT2D eigenvalue weighted by atomic mass is 9.92. The number of benzene rings is 4. The number of hydrogen-bond acceptors (Lipinski definition) is 2. The Bertz CT molecular complexity index is 1490. The summed E-state index contributed by atoms with van der Waals surface area (Å²) in [4.78, 5) is 0. The van der Waals surface area contributed by atoms with Crippen molar-refractivity contribution in [1.29, 1.82) is 0 Å². The summed E-state index contributed by atoms with van der Waals surface area (Å²) in [5, 5.41) is 4.42. The largest absolute Gasteiger partial charge is 0.452 e. The molecule has 0 amide bonds. The molecule has 0 unspecified atom stereocenters. The van der Waals surface area contributed by atoms with Crippen LogP contribution < -0.4 is 5.46 Å². The number of furan rings is 2. The molecule has 0 saturated carbocycles. The predicted octanol–water partition coefficient (Wildman–Crippen LogP) is 5.41. The maximum atomic E-state index is 6.22. The van der Waals surface area contributed by atoms with Crippen LogP contribution in [0.2, 0.25) is 0 Å². The van der Waals surface area contributed by atoms with Gasteiger partial charge in [-0.15, -0.1) is 0 Å². The molecule has 126 valence electrons. The highest BCUT2D eigenvalue weighted by molar-refractivity contribution is 6.32. The number of fused-ring (bicyclic) bond motifs is 7. The topological polar surface area (TPSA) is 26.3 Å². The highest BCUT2D eigenvalue weighted by Gasteiger charge is 2.16. The van der Waals surface area contributed by atoms with E-state index in [4.69, 9.17) is 8.83 Å². The van der Waals surface area contributed by atoms with Gasteiger partial charge in [-0.25, -0.2) is 0 Å². The van der Waals surface area contributed by atoms with Gasteiger partial charge in [-0.2, -0.15) is 0 Å². The Labute approximate surface area is 156 Å². The lowest BCUT2D eigenvalue weighted by Crippen LogP contribution is -2.00. The molecule has 3 heteroatoms. The van der Waals surface area contributed by atoms with Gasteiger partial charge in [0.1, 0.15) is 19.0 Å². The molecule has 0 saturated heterocycles. The molecule has 0 spiro atoms. The highest BCUT2D eigenvalue weighted by atomic mass is 16.4. The third-order valence-corrected chi connectivity index (χ3v) is 5.33. The zero-order chi connectivity index (χ0) is 18.0. The lowest BCUT2D eigenvalue weighted by molar-refractivity contribution is 0.633. The molecule has 0 aliphatic heterocycles. The molecular formula is C24H15BO2. The van der Waals surface area contributed by atoms with Gasteiger partial charge in [-0.05, 0) is 41.5 Å². The average Bonchev–Trinajstić information content (AvgIpc) is 3.25. The first-order valence-corrected chi connectivity index (χ1v) is 9.11. The van der Waals surface area contributed by atoms with E-state index in [1.54, 1.807) is 0 Å². The summed E-state index contributed by atoms with van der Waals surface area (Å²) >= 11 is 0. The van der Waals surface area contributed by atoms with E-state index in [1.165, 1.54) is 16.6 Å². The van der Waals surface area contributed by atoms with Crippen LogP contribution in [0.3, 0.4) is 0 Å². The smallest absolute Gasteiger partial charge is 0.178 e. The molecular weight excluding hydrogens is 331 g/mol. The molecule has 0 aliphatic rings. The van der Waals surface area contributed by atoms with Crippen molar-refractivity contribution >= 4 is 57.2 Å². The Morgan fingerprint density at radius 1 is 0.519 bits per heavy atom. The molecule has 2 nitrogen and oxygen atoms in total. The van der Waals surface area contributed by atoms with Gasteiger partial charge in [0.2, 0.25) is 0 Å². The van der Waals surface area contributed by atoms with Crippen LogP contribution in [0.1, 0.15) is 0 Å². The van der Waals surface area contributed by atoms with Crippen LogP contribution in [0.25, 0.3) is 55.0 Å². The Hall–Kier alpha value is -3.46. The van der Waals surface area contributed by atoms with Crippen molar-refractivity contribution < 1.29 is 8.83 Å². The standard InChI is InChI=1S/C24H15BO2/c25-16-5-3-4-14(12-16)15-8-11-22-20(13-15)19-10-9-18-17-6-1-2-7-21(17)26-23(18)24(19)27-22/h1-13H,25H2. The first-order chi connectivity index (χ1) is 13.3. The van der Waals surface area contributed by atoms with E-state index in [1.807, 2.05) is 18.2 Å². The van der Waals surface area contributed by atoms with Crippen LogP contribution in [-0.2, 0) is 0 Å². The zero-order valence-corrected chi connectivity index (χ0v) is 14.8. The Kier molecular flexibility index (Phi) is 2.87. The quantitative estimate of drug-likeness (QED) is 0.372. The van der Waals surface area contributed by atoms with E-state index >= 15 is 0 Å². The third-order valence-electron chi connectivity index (χ3n) is 5.33. The molecule has 2 aromatic heterocycles. The maximum Gasteiger partial charge on any atom is 0.178 e. The van der Waals surface area contributed by atoms with Gasteiger partial charge >= 0.3 is 0 Å². The molecule has 6 rings (SSSR count). The SMILES string of the molecule is Bc1cccc(-c2ccc3oc4c(ccc5c6ccccc6oc54)c3c2)c1. The van der Waals surface area contributed by atoms with Crippen LogP contribution in [0.4, 0.5) is 0 Å².